The lowest BCUT2D eigenvalue weighted by Gasteiger charge is -2.45. The van der Waals surface area contributed by atoms with Crippen LogP contribution in [-0.4, -0.2) is 51.1 Å². The molecule has 1 spiro atoms. The number of aliphatic hydroxyl groups is 1. The van der Waals surface area contributed by atoms with Crippen LogP contribution in [0, 0.1) is 5.92 Å². The van der Waals surface area contributed by atoms with E-state index >= 15 is 0 Å². The van der Waals surface area contributed by atoms with Crippen molar-refractivity contribution in [3.63, 3.8) is 0 Å². The fourth-order valence-electron chi connectivity index (χ4n) is 5.40. The van der Waals surface area contributed by atoms with Crippen molar-refractivity contribution in [1.82, 2.24) is 10.2 Å². The Morgan fingerprint density at radius 1 is 1.18 bits per heavy atom. The van der Waals surface area contributed by atoms with Crippen LogP contribution in [0.3, 0.4) is 0 Å². The van der Waals surface area contributed by atoms with Gasteiger partial charge in [0.2, 0.25) is 0 Å². The second-order valence-electron chi connectivity index (χ2n) is 9.95. The smallest absolute Gasteiger partial charge is 0.391 e. The Hall–Kier alpha value is -2.66. The van der Waals surface area contributed by atoms with Gasteiger partial charge in [-0.3, -0.25) is 19.9 Å². The van der Waals surface area contributed by atoms with Crippen LogP contribution < -0.4 is 5.32 Å². The van der Waals surface area contributed by atoms with E-state index in [9.17, 15) is 27.9 Å². The third-order valence-corrected chi connectivity index (χ3v) is 7.73. The van der Waals surface area contributed by atoms with Gasteiger partial charge in [0.25, 0.3) is 5.91 Å². The third-order valence-electron chi connectivity index (χ3n) is 7.29. The van der Waals surface area contributed by atoms with E-state index in [-0.39, 0.29) is 54.4 Å². The van der Waals surface area contributed by atoms with Gasteiger partial charge in [-0.15, -0.1) is 0 Å². The molecule has 7 nitrogen and oxygen atoms in total. The molecule has 3 N–H and O–H groups in total. The number of hydrogen-bond acceptors (Lipinski definition) is 5. The number of aliphatic carboxylic acids is 1. The van der Waals surface area contributed by atoms with Crippen molar-refractivity contribution in [2.75, 3.05) is 6.54 Å². The number of carbonyl (C=O) groups excluding carboxylic acids is 1. The zero-order valence-electron chi connectivity index (χ0n) is 21.0. The maximum absolute atomic E-state index is 13.9. The maximum Gasteiger partial charge on any atom is 0.391 e. The van der Waals surface area contributed by atoms with E-state index in [0.29, 0.717) is 16.7 Å². The van der Waals surface area contributed by atoms with Crippen LogP contribution in [0.25, 0.3) is 0 Å². The number of nitrogens with zero attached hydrogens (tertiary/aromatic N) is 2. The summed E-state index contributed by atoms with van der Waals surface area (Å²) in [6, 6.07) is 10.5. The predicted octanol–water partition coefficient (Wildman–Crippen LogP) is 5.89. The van der Waals surface area contributed by atoms with Gasteiger partial charge in [0.15, 0.2) is 0 Å². The lowest BCUT2D eigenvalue weighted by atomic mass is 9.79. The first kappa shape index (κ1) is 29.3. The lowest BCUT2D eigenvalue weighted by molar-refractivity contribution is -0.194. The third kappa shape index (κ3) is 6.40. The molecule has 2 aromatic carbocycles. The van der Waals surface area contributed by atoms with Crippen molar-refractivity contribution in [3.8, 4) is 0 Å². The quantitative estimate of drug-likeness (QED) is 0.335. The van der Waals surface area contributed by atoms with Gasteiger partial charge in [0, 0.05) is 28.6 Å². The average molecular weight is 586 g/mol. The highest BCUT2D eigenvalue weighted by atomic mass is 35.5. The summed E-state index contributed by atoms with van der Waals surface area (Å²) in [5.41, 5.74) is 0.0729. The van der Waals surface area contributed by atoms with Gasteiger partial charge >= 0.3 is 12.1 Å². The number of nitrogens with one attached hydrogen (secondary N) is 1. The Balaban J connectivity index is 1.66. The maximum atomic E-state index is 13.9. The van der Waals surface area contributed by atoms with Gasteiger partial charge in [-0.1, -0.05) is 47.5 Å². The fraction of sp³-hybridized carbons (Fsp3) is 0.444. The standard InChI is InChI=1S/C27H28Cl2F3N3O4/c1-15(16-4-6-17(7-5-16)24(38)33-10-8-22(36)37)35-25(39)23(18-11-20(28)13-21(29)12-18)34-26(35)9-2-3-19(14-26)27(30,31)32/h4-7,11-13,15,19,24,33,38H,2-3,8-10,14H2,1H3,(H,36,37)/t15-,19?,24?,26?/m1/s1. The second kappa shape index (κ2) is 11.4. The molecule has 2 aromatic rings. The highest BCUT2D eigenvalue weighted by Crippen LogP contribution is 2.49. The number of alkyl halides is 3. The van der Waals surface area contributed by atoms with Crippen molar-refractivity contribution in [1.29, 1.82) is 0 Å². The SMILES string of the molecule is C[C@H](c1ccc(C(O)NCCC(=O)O)cc1)N1C(=O)C(c2cc(Cl)cc(Cl)c2)=NC12CCCC(C(F)(F)F)C2. The first-order valence-electron chi connectivity index (χ1n) is 12.5. The number of aliphatic hydroxyl groups excluding tert-OH is 1. The Labute approximate surface area is 233 Å². The van der Waals surface area contributed by atoms with Gasteiger partial charge in [0.1, 0.15) is 17.6 Å². The van der Waals surface area contributed by atoms with Crippen LogP contribution in [0.2, 0.25) is 10.0 Å². The zero-order valence-corrected chi connectivity index (χ0v) is 22.5. The number of aliphatic imine (C=N–C) groups is 1. The van der Waals surface area contributed by atoms with E-state index in [2.05, 4.69) is 10.3 Å². The summed E-state index contributed by atoms with van der Waals surface area (Å²) in [5.74, 6) is -3.11. The first-order chi connectivity index (χ1) is 18.3. The van der Waals surface area contributed by atoms with Gasteiger partial charge < -0.3 is 15.1 Å². The molecule has 0 saturated heterocycles. The first-order valence-corrected chi connectivity index (χ1v) is 13.3. The molecule has 2 aliphatic rings. The van der Waals surface area contributed by atoms with Crippen LogP contribution in [0.1, 0.15) is 68.0 Å². The van der Waals surface area contributed by atoms with Crippen molar-refractivity contribution < 1.29 is 33.0 Å². The number of benzene rings is 2. The van der Waals surface area contributed by atoms with Crippen molar-refractivity contribution in [3.05, 3.63) is 69.2 Å². The fourth-order valence-corrected chi connectivity index (χ4v) is 5.92. The molecule has 1 amide bonds. The summed E-state index contributed by atoms with van der Waals surface area (Å²) in [4.78, 5) is 30.7. The molecule has 4 rings (SSSR count). The van der Waals surface area contributed by atoms with Gasteiger partial charge in [-0.05, 0) is 55.5 Å². The van der Waals surface area contributed by atoms with Crippen LogP contribution in [0.5, 0.6) is 0 Å². The Bertz CT molecular complexity index is 1250. The topological polar surface area (TPSA) is 102 Å². The molecule has 1 aliphatic heterocycles. The average Bonchev–Trinajstić information content (AvgIpc) is 3.13. The highest BCUT2D eigenvalue weighted by Gasteiger charge is 2.56. The Morgan fingerprint density at radius 3 is 2.38 bits per heavy atom. The molecule has 12 heteroatoms. The molecule has 210 valence electrons. The number of hydrogen-bond donors (Lipinski definition) is 3. The summed E-state index contributed by atoms with van der Waals surface area (Å²) in [6.07, 6.45) is -5.55. The number of amides is 1. The van der Waals surface area contributed by atoms with E-state index < -0.39 is 41.9 Å². The minimum Gasteiger partial charge on any atom is -0.481 e. The molecular weight excluding hydrogens is 558 g/mol. The van der Waals surface area contributed by atoms with E-state index in [1.165, 1.54) is 23.1 Å². The molecule has 1 saturated carbocycles. The minimum absolute atomic E-state index is 0.0174. The Kier molecular flexibility index (Phi) is 8.61. The van der Waals surface area contributed by atoms with Crippen LogP contribution >= 0.6 is 23.2 Å². The molecule has 39 heavy (non-hydrogen) atoms. The van der Waals surface area contributed by atoms with E-state index in [0.717, 1.165) is 0 Å². The van der Waals surface area contributed by atoms with E-state index in [1.54, 1.807) is 31.2 Å². The van der Waals surface area contributed by atoms with Crippen LogP contribution in [0.4, 0.5) is 13.2 Å². The highest BCUT2D eigenvalue weighted by molar-refractivity contribution is 6.47. The number of carbonyl (C=O) groups is 2. The van der Waals surface area contributed by atoms with Crippen molar-refractivity contribution >= 4 is 40.8 Å². The molecule has 1 aliphatic carbocycles. The summed E-state index contributed by atoms with van der Waals surface area (Å²) in [6.45, 7) is 1.80. The summed E-state index contributed by atoms with van der Waals surface area (Å²) in [5, 5.41) is 22.3. The number of halogens is 5. The number of rotatable bonds is 8. The molecule has 0 radical (unpaired) electrons. The van der Waals surface area contributed by atoms with Gasteiger partial charge in [0.05, 0.1) is 18.4 Å². The molecule has 1 heterocycles. The molecule has 4 atom stereocenters. The Morgan fingerprint density at radius 2 is 1.79 bits per heavy atom. The molecule has 3 unspecified atom stereocenters. The van der Waals surface area contributed by atoms with Crippen molar-refractivity contribution in [2.24, 2.45) is 10.9 Å². The molecule has 0 bridgehead atoms. The molecular formula is C27H28Cl2F3N3O4. The number of carboxylic acid groups (broad SMARTS) is 1. The van der Waals surface area contributed by atoms with Crippen LogP contribution in [-0.2, 0) is 9.59 Å². The summed E-state index contributed by atoms with van der Waals surface area (Å²) >= 11 is 12.3. The second-order valence-corrected chi connectivity index (χ2v) is 10.8. The minimum atomic E-state index is -4.42. The monoisotopic (exact) mass is 585 g/mol. The summed E-state index contributed by atoms with van der Waals surface area (Å²) in [7, 11) is 0. The molecule has 0 aromatic heterocycles. The van der Waals surface area contributed by atoms with Crippen LogP contribution in [0.15, 0.2) is 47.5 Å². The zero-order chi connectivity index (χ0) is 28.5. The number of carboxylic acids is 1. The van der Waals surface area contributed by atoms with E-state index in [4.69, 9.17) is 28.3 Å². The van der Waals surface area contributed by atoms with Crippen molar-refractivity contribution in [2.45, 2.75) is 63.1 Å². The predicted molar refractivity (Wildman–Crippen MR) is 141 cm³/mol. The normalized spacial score (nSPS) is 23.2. The lowest BCUT2D eigenvalue weighted by Crippen LogP contribution is -2.52. The summed E-state index contributed by atoms with van der Waals surface area (Å²) < 4.78 is 41.6. The largest absolute Gasteiger partial charge is 0.481 e. The van der Waals surface area contributed by atoms with Gasteiger partial charge in [-0.2, -0.15) is 13.2 Å². The van der Waals surface area contributed by atoms with Gasteiger partial charge in [-0.25, -0.2) is 0 Å². The van der Waals surface area contributed by atoms with E-state index in [1.807, 2.05) is 0 Å². The molecule has 1 fully saturated rings.